The predicted octanol–water partition coefficient (Wildman–Crippen LogP) is 5.37. The molecule has 0 aliphatic rings. The van der Waals surface area contributed by atoms with E-state index in [0.29, 0.717) is 10.4 Å². The molecular weight excluding hydrogens is 351 g/mol. The number of phenols is 1. The summed E-state index contributed by atoms with van der Waals surface area (Å²) in [6, 6.07) is 12.4. The average Bonchev–Trinajstić information content (AvgIpc) is 3.00. The standard InChI is InChI=1S/C18H12ClFO3S/c1-23-18(22)16-9-14(10-2-5-12(21)6-3-10)17(24-16)13-7-4-11(20)8-15(13)19/h2-9,21H,1H3. The van der Waals surface area contributed by atoms with Crippen LogP contribution in [-0.4, -0.2) is 18.2 Å². The van der Waals surface area contributed by atoms with Crippen molar-refractivity contribution in [3.05, 3.63) is 64.2 Å². The minimum Gasteiger partial charge on any atom is -0.508 e. The molecule has 0 aliphatic carbocycles. The van der Waals surface area contributed by atoms with Gasteiger partial charge in [-0.25, -0.2) is 9.18 Å². The summed E-state index contributed by atoms with van der Waals surface area (Å²) >= 11 is 7.40. The second-order valence-electron chi connectivity index (χ2n) is 5.02. The summed E-state index contributed by atoms with van der Waals surface area (Å²) in [5, 5.41) is 9.72. The Labute approximate surface area is 146 Å². The lowest BCUT2D eigenvalue weighted by atomic mass is 10.0. The number of hydrogen-bond acceptors (Lipinski definition) is 4. The molecule has 0 atom stereocenters. The first kappa shape index (κ1) is 16.5. The molecule has 3 aromatic rings. The van der Waals surface area contributed by atoms with Gasteiger partial charge in [-0.15, -0.1) is 11.3 Å². The Bertz CT molecular complexity index is 903. The minimum atomic E-state index is -0.454. The quantitative estimate of drug-likeness (QED) is 0.637. The lowest BCUT2D eigenvalue weighted by molar-refractivity contribution is 0.0606. The van der Waals surface area contributed by atoms with E-state index < -0.39 is 11.8 Å². The van der Waals surface area contributed by atoms with Crippen molar-refractivity contribution in [3.8, 4) is 27.3 Å². The lowest BCUT2D eigenvalue weighted by Gasteiger charge is -2.07. The molecule has 0 radical (unpaired) electrons. The number of thiophene rings is 1. The summed E-state index contributed by atoms with van der Waals surface area (Å²) in [7, 11) is 1.31. The van der Waals surface area contributed by atoms with Crippen LogP contribution in [0.4, 0.5) is 4.39 Å². The number of hydrogen-bond donors (Lipinski definition) is 1. The Hall–Kier alpha value is -2.37. The molecule has 0 aliphatic heterocycles. The maximum absolute atomic E-state index is 13.3. The molecule has 3 rings (SSSR count). The van der Waals surface area contributed by atoms with Crippen LogP contribution in [0.2, 0.25) is 5.02 Å². The summed E-state index contributed by atoms with van der Waals surface area (Å²) in [6.07, 6.45) is 0. The van der Waals surface area contributed by atoms with Gasteiger partial charge in [0.1, 0.15) is 16.4 Å². The van der Waals surface area contributed by atoms with Crippen LogP contribution in [0.15, 0.2) is 48.5 Å². The van der Waals surface area contributed by atoms with Gasteiger partial charge in [0, 0.05) is 16.0 Å². The summed E-state index contributed by atoms with van der Waals surface area (Å²) in [5.41, 5.74) is 2.18. The number of halogens is 2. The molecule has 0 saturated heterocycles. The zero-order chi connectivity index (χ0) is 17.3. The molecule has 122 valence electrons. The molecule has 0 spiro atoms. The zero-order valence-corrected chi connectivity index (χ0v) is 14.1. The SMILES string of the molecule is COC(=O)c1cc(-c2ccc(O)cc2)c(-c2ccc(F)cc2Cl)s1. The highest BCUT2D eigenvalue weighted by Crippen LogP contribution is 2.42. The van der Waals surface area contributed by atoms with Crippen LogP contribution in [0.1, 0.15) is 9.67 Å². The number of esters is 1. The van der Waals surface area contributed by atoms with Crippen molar-refractivity contribution in [2.45, 2.75) is 0 Å². The molecule has 0 saturated carbocycles. The van der Waals surface area contributed by atoms with Crippen LogP contribution >= 0.6 is 22.9 Å². The Kier molecular flexibility index (Phi) is 4.55. The van der Waals surface area contributed by atoms with Gasteiger partial charge in [0.2, 0.25) is 0 Å². The fraction of sp³-hybridized carbons (Fsp3) is 0.0556. The summed E-state index contributed by atoms with van der Waals surface area (Å²) in [6.45, 7) is 0. The third-order valence-electron chi connectivity index (χ3n) is 3.47. The van der Waals surface area contributed by atoms with Gasteiger partial charge in [-0.2, -0.15) is 0 Å². The number of ether oxygens (including phenoxy) is 1. The van der Waals surface area contributed by atoms with Crippen molar-refractivity contribution < 1.29 is 19.0 Å². The van der Waals surface area contributed by atoms with E-state index in [-0.39, 0.29) is 10.8 Å². The smallest absolute Gasteiger partial charge is 0.348 e. The van der Waals surface area contributed by atoms with Gasteiger partial charge in [-0.1, -0.05) is 23.7 Å². The van der Waals surface area contributed by atoms with Crippen LogP contribution in [0, 0.1) is 5.82 Å². The van der Waals surface area contributed by atoms with E-state index in [0.717, 1.165) is 16.0 Å². The van der Waals surface area contributed by atoms with Crippen molar-refractivity contribution in [1.29, 1.82) is 0 Å². The Balaban J connectivity index is 2.21. The molecule has 1 aromatic heterocycles. The molecule has 3 nitrogen and oxygen atoms in total. The van der Waals surface area contributed by atoms with Crippen LogP contribution in [0.25, 0.3) is 21.6 Å². The van der Waals surface area contributed by atoms with Crippen LogP contribution < -0.4 is 0 Å². The zero-order valence-electron chi connectivity index (χ0n) is 12.5. The third-order valence-corrected chi connectivity index (χ3v) is 4.93. The number of aromatic hydroxyl groups is 1. The van der Waals surface area contributed by atoms with E-state index >= 15 is 0 Å². The van der Waals surface area contributed by atoms with Gasteiger partial charge in [0.15, 0.2) is 0 Å². The highest BCUT2D eigenvalue weighted by atomic mass is 35.5. The number of phenolic OH excluding ortho intramolecular Hbond substituents is 1. The maximum atomic E-state index is 13.3. The fourth-order valence-electron chi connectivity index (χ4n) is 2.32. The molecular formula is C18H12ClFO3S. The van der Waals surface area contributed by atoms with Gasteiger partial charge >= 0.3 is 5.97 Å². The van der Waals surface area contributed by atoms with Crippen LogP contribution in [-0.2, 0) is 4.74 Å². The maximum Gasteiger partial charge on any atom is 0.348 e. The van der Waals surface area contributed by atoms with Crippen LogP contribution in [0.3, 0.4) is 0 Å². The average molecular weight is 363 g/mol. The fourth-order valence-corrected chi connectivity index (χ4v) is 3.78. The van der Waals surface area contributed by atoms with E-state index in [1.54, 1.807) is 36.4 Å². The first-order valence-corrected chi connectivity index (χ1v) is 8.16. The van der Waals surface area contributed by atoms with E-state index in [1.807, 2.05) is 0 Å². The Morgan fingerprint density at radius 1 is 1.12 bits per heavy atom. The van der Waals surface area contributed by atoms with E-state index in [9.17, 15) is 14.3 Å². The molecule has 1 N–H and O–H groups in total. The summed E-state index contributed by atoms with van der Waals surface area (Å²) in [4.78, 5) is 13.0. The lowest BCUT2D eigenvalue weighted by Crippen LogP contribution is -1.96. The first-order chi connectivity index (χ1) is 11.5. The number of benzene rings is 2. The van der Waals surface area contributed by atoms with Crippen molar-refractivity contribution in [2.24, 2.45) is 0 Å². The van der Waals surface area contributed by atoms with Crippen molar-refractivity contribution >= 4 is 28.9 Å². The molecule has 6 heteroatoms. The van der Waals surface area contributed by atoms with Crippen molar-refractivity contribution in [3.63, 3.8) is 0 Å². The normalized spacial score (nSPS) is 10.6. The van der Waals surface area contributed by atoms with Gasteiger partial charge in [-0.3, -0.25) is 0 Å². The first-order valence-electron chi connectivity index (χ1n) is 6.96. The molecule has 1 heterocycles. The topological polar surface area (TPSA) is 46.5 Å². The van der Waals surface area contributed by atoms with Gasteiger partial charge in [-0.05, 0) is 42.0 Å². The van der Waals surface area contributed by atoms with Gasteiger partial charge in [0.25, 0.3) is 0 Å². The van der Waals surface area contributed by atoms with Crippen LogP contribution in [0.5, 0.6) is 5.75 Å². The molecule has 0 fully saturated rings. The Morgan fingerprint density at radius 2 is 1.83 bits per heavy atom. The van der Waals surface area contributed by atoms with Crippen molar-refractivity contribution in [2.75, 3.05) is 7.11 Å². The molecule has 0 bridgehead atoms. The van der Waals surface area contributed by atoms with E-state index in [2.05, 4.69) is 0 Å². The second kappa shape index (κ2) is 6.63. The third kappa shape index (κ3) is 3.13. The molecule has 0 amide bonds. The number of carbonyl (C=O) groups excluding carboxylic acids is 1. The Morgan fingerprint density at radius 3 is 2.46 bits per heavy atom. The van der Waals surface area contributed by atoms with E-state index in [1.165, 1.54) is 30.6 Å². The summed E-state index contributed by atoms with van der Waals surface area (Å²) < 4.78 is 18.1. The molecule has 0 unspecified atom stereocenters. The number of methoxy groups -OCH3 is 1. The summed E-state index contributed by atoms with van der Waals surface area (Å²) in [5.74, 6) is -0.743. The van der Waals surface area contributed by atoms with E-state index in [4.69, 9.17) is 16.3 Å². The largest absolute Gasteiger partial charge is 0.508 e. The second-order valence-corrected chi connectivity index (χ2v) is 6.48. The monoisotopic (exact) mass is 362 g/mol. The van der Waals surface area contributed by atoms with Crippen molar-refractivity contribution in [1.82, 2.24) is 0 Å². The number of carbonyl (C=O) groups is 1. The predicted molar refractivity (Wildman–Crippen MR) is 93.2 cm³/mol. The number of rotatable bonds is 3. The van der Waals surface area contributed by atoms with Gasteiger partial charge in [0.05, 0.1) is 12.1 Å². The highest BCUT2D eigenvalue weighted by molar-refractivity contribution is 7.18. The minimum absolute atomic E-state index is 0.142. The molecule has 24 heavy (non-hydrogen) atoms. The van der Waals surface area contributed by atoms with Gasteiger partial charge < -0.3 is 9.84 Å². The highest BCUT2D eigenvalue weighted by Gasteiger charge is 2.19. The molecule has 2 aromatic carbocycles.